The number of rotatable bonds is 5. The average molecular weight is 341 g/mol. The monoisotopic (exact) mass is 340 g/mol. The molecule has 2 aromatic rings. The van der Waals surface area contributed by atoms with Gasteiger partial charge in [0.05, 0.1) is 10.6 Å². The van der Waals surface area contributed by atoms with Crippen molar-refractivity contribution in [3.63, 3.8) is 0 Å². The van der Waals surface area contributed by atoms with Crippen molar-refractivity contribution in [3.05, 3.63) is 39.5 Å². The molecule has 0 saturated heterocycles. The number of benzene rings is 1. The zero-order valence-corrected chi connectivity index (χ0v) is 13.4. The van der Waals surface area contributed by atoms with Gasteiger partial charge < -0.3 is 9.15 Å². The Balaban J connectivity index is 1.77. The zero-order valence-electron chi connectivity index (χ0n) is 11.9. The summed E-state index contributed by atoms with van der Waals surface area (Å²) in [5, 5.41) is 8.51. The van der Waals surface area contributed by atoms with E-state index in [9.17, 15) is 4.79 Å². The molecule has 1 aromatic carbocycles. The minimum atomic E-state index is -0.158. The van der Waals surface area contributed by atoms with E-state index in [1.807, 2.05) is 0 Å². The summed E-state index contributed by atoms with van der Waals surface area (Å²) in [5.74, 6) is 1.45. The predicted molar refractivity (Wildman–Crippen MR) is 81.7 cm³/mol. The first-order valence-electron chi connectivity index (χ1n) is 7.00. The molecule has 1 saturated carbocycles. The molecule has 116 valence electrons. The van der Waals surface area contributed by atoms with Crippen LogP contribution in [0.4, 0.5) is 0 Å². The molecule has 0 amide bonds. The lowest BCUT2D eigenvalue weighted by atomic mass is 9.85. The fourth-order valence-electron chi connectivity index (χ4n) is 2.23. The Morgan fingerprint density at radius 3 is 2.77 bits per heavy atom. The van der Waals surface area contributed by atoms with Crippen molar-refractivity contribution in [2.45, 2.75) is 38.7 Å². The summed E-state index contributed by atoms with van der Waals surface area (Å²) >= 11 is 12.1. The maximum absolute atomic E-state index is 11.6. The summed E-state index contributed by atoms with van der Waals surface area (Å²) in [4.78, 5) is 11.6. The van der Waals surface area contributed by atoms with Gasteiger partial charge in [-0.2, -0.15) is 0 Å². The van der Waals surface area contributed by atoms with Crippen LogP contribution in [0.1, 0.15) is 54.2 Å². The number of aromatic nitrogens is 2. The first kappa shape index (κ1) is 15.3. The van der Waals surface area contributed by atoms with Gasteiger partial charge in [-0.1, -0.05) is 29.6 Å². The van der Waals surface area contributed by atoms with Crippen molar-refractivity contribution in [2.24, 2.45) is 0 Å². The standard InChI is InChI=1S/C15H14Cl2N2O3/c1-8(20)10-5-6-11(16)13(17)14(10)21-7-12-18-19-15(22-12)9-3-2-4-9/h5-6,9H,2-4,7H2,1H3. The van der Waals surface area contributed by atoms with Crippen molar-refractivity contribution >= 4 is 29.0 Å². The smallest absolute Gasteiger partial charge is 0.253 e. The minimum absolute atomic E-state index is 0.0417. The summed E-state index contributed by atoms with van der Waals surface area (Å²) in [6.45, 7) is 1.48. The molecule has 5 nitrogen and oxygen atoms in total. The van der Waals surface area contributed by atoms with E-state index >= 15 is 0 Å². The molecule has 1 heterocycles. The summed E-state index contributed by atoms with van der Waals surface area (Å²) in [6.07, 6.45) is 3.35. The highest BCUT2D eigenvalue weighted by atomic mass is 35.5. The summed E-state index contributed by atoms with van der Waals surface area (Å²) < 4.78 is 11.2. The molecule has 3 rings (SSSR count). The number of halogens is 2. The van der Waals surface area contributed by atoms with Crippen LogP contribution < -0.4 is 4.74 Å². The molecule has 1 aliphatic rings. The predicted octanol–water partition coefficient (Wildman–Crippen LogP) is 4.43. The molecule has 0 unspecified atom stereocenters. The SMILES string of the molecule is CC(=O)c1ccc(Cl)c(Cl)c1OCc1nnc(C2CCC2)o1. The van der Waals surface area contributed by atoms with Crippen molar-refractivity contribution in [1.29, 1.82) is 0 Å². The first-order chi connectivity index (χ1) is 10.6. The lowest BCUT2D eigenvalue weighted by Gasteiger charge is -2.20. The van der Waals surface area contributed by atoms with Gasteiger partial charge >= 0.3 is 0 Å². The summed E-state index contributed by atoms with van der Waals surface area (Å²) in [6, 6.07) is 3.15. The van der Waals surface area contributed by atoms with Crippen LogP contribution in [0, 0.1) is 0 Å². The Labute approximate surface area is 137 Å². The number of hydrogen-bond acceptors (Lipinski definition) is 5. The number of ether oxygens (including phenoxy) is 1. The molecular formula is C15H14Cl2N2O3. The molecule has 1 aromatic heterocycles. The van der Waals surface area contributed by atoms with Gasteiger partial charge in [-0.05, 0) is 31.9 Å². The number of ketones is 1. The normalized spacial score (nSPS) is 14.7. The van der Waals surface area contributed by atoms with Crippen LogP contribution in [0.15, 0.2) is 16.5 Å². The van der Waals surface area contributed by atoms with Crippen molar-refractivity contribution in [1.82, 2.24) is 10.2 Å². The van der Waals surface area contributed by atoms with Crippen LogP contribution in [0.25, 0.3) is 0 Å². The Kier molecular flexibility index (Phi) is 4.36. The van der Waals surface area contributed by atoms with Gasteiger partial charge in [0, 0.05) is 5.92 Å². The van der Waals surface area contributed by atoms with E-state index < -0.39 is 0 Å². The quantitative estimate of drug-likeness (QED) is 0.753. The number of carbonyl (C=O) groups excluding carboxylic acids is 1. The van der Waals surface area contributed by atoms with Crippen LogP contribution in [0.3, 0.4) is 0 Å². The lowest BCUT2D eigenvalue weighted by molar-refractivity contribution is 0.101. The highest BCUT2D eigenvalue weighted by Gasteiger charge is 2.25. The first-order valence-corrected chi connectivity index (χ1v) is 7.76. The second-order valence-corrected chi connectivity index (χ2v) is 6.03. The fraction of sp³-hybridized carbons (Fsp3) is 0.400. The molecule has 0 spiro atoms. The fourth-order valence-corrected chi connectivity index (χ4v) is 2.60. The number of hydrogen-bond donors (Lipinski definition) is 0. The van der Waals surface area contributed by atoms with Gasteiger partial charge in [-0.25, -0.2) is 0 Å². The van der Waals surface area contributed by atoms with Gasteiger partial charge in [0.2, 0.25) is 5.89 Å². The second-order valence-electron chi connectivity index (χ2n) is 5.24. The summed E-state index contributed by atoms with van der Waals surface area (Å²) in [5.41, 5.74) is 0.369. The molecule has 1 fully saturated rings. The number of Topliss-reactive ketones (excluding diaryl/α,β-unsaturated/α-hetero) is 1. The molecular weight excluding hydrogens is 327 g/mol. The van der Waals surface area contributed by atoms with E-state index in [-0.39, 0.29) is 23.2 Å². The molecule has 0 N–H and O–H groups in total. The van der Waals surface area contributed by atoms with Gasteiger partial charge in [0.25, 0.3) is 5.89 Å². The molecule has 0 radical (unpaired) electrons. The van der Waals surface area contributed by atoms with Crippen LogP contribution in [0.5, 0.6) is 5.75 Å². The maximum atomic E-state index is 11.6. The highest BCUT2D eigenvalue weighted by Crippen LogP contribution is 2.37. The Morgan fingerprint density at radius 2 is 2.14 bits per heavy atom. The molecule has 22 heavy (non-hydrogen) atoms. The van der Waals surface area contributed by atoms with Crippen LogP contribution in [0.2, 0.25) is 10.0 Å². The van der Waals surface area contributed by atoms with E-state index in [0.29, 0.717) is 28.3 Å². The van der Waals surface area contributed by atoms with E-state index in [1.165, 1.54) is 13.3 Å². The van der Waals surface area contributed by atoms with Crippen molar-refractivity contribution in [2.75, 3.05) is 0 Å². The minimum Gasteiger partial charge on any atom is -0.481 e. The van der Waals surface area contributed by atoms with E-state index in [1.54, 1.807) is 12.1 Å². The van der Waals surface area contributed by atoms with Crippen LogP contribution in [-0.4, -0.2) is 16.0 Å². The van der Waals surface area contributed by atoms with Crippen molar-refractivity contribution in [3.8, 4) is 5.75 Å². The van der Waals surface area contributed by atoms with Gasteiger partial charge in [-0.3, -0.25) is 4.79 Å². The third-order valence-electron chi connectivity index (χ3n) is 3.71. The van der Waals surface area contributed by atoms with Gasteiger partial charge in [0.15, 0.2) is 18.1 Å². The third-order valence-corrected chi connectivity index (χ3v) is 4.49. The number of carbonyl (C=O) groups is 1. The molecule has 1 aliphatic carbocycles. The molecule has 0 bridgehead atoms. The Morgan fingerprint density at radius 1 is 1.36 bits per heavy atom. The molecule has 0 atom stereocenters. The maximum Gasteiger partial charge on any atom is 0.253 e. The average Bonchev–Trinajstić information content (AvgIpc) is 2.86. The van der Waals surface area contributed by atoms with Gasteiger partial charge in [-0.15, -0.1) is 10.2 Å². The van der Waals surface area contributed by atoms with Gasteiger partial charge in [0.1, 0.15) is 5.02 Å². The Bertz CT molecular complexity index is 711. The highest BCUT2D eigenvalue weighted by molar-refractivity contribution is 6.43. The summed E-state index contributed by atoms with van der Waals surface area (Å²) in [7, 11) is 0. The van der Waals surface area contributed by atoms with E-state index in [2.05, 4.69) is 10.2 Å². The number of nitrogens with zero attached hydrogens (tertiary/aromatic N) is 2. The van der Waals surface area contributed by atoms with Crippen LogP contribution in [-0.2, 0) is 6.61 Å². The molecule has 0 aliphatic heterocycles. The zero-order chi connectivity index (χ0) is 15.7. The van der Waals surface area contributed by atoms with Crippen molar-refractivity contribution < 1.29 is 13.9 Å². The van der Waals surface area contributed by atoms with Crippen LogP contribution >= 0.6 is 23.2 Å². The topological polar surface area (TPSA) is 65.2 Å². The second kappa shape index (κ2) is 6.26. The Hall–Kier alpha value is -1.59. The van der Waals surface area contributed by atoms with E-state index in [4.69, 9.17) is 32.4 Å². The third kappa shape index (κ3) is 2.96. The lowest BCUT2D eigenvalue weighted by Crippen LogP contribution is -2.08. The van der Waals surface area contributed by atoms with E-state index in [0.717, 1.165) is 12.8 Å². The largest absolute Gasteiger partial charge is 0.481 e. The molecule has 7 heteroatoms.